The van der Waals surface area contributed by atoms with Gasteiger partial charge in [0, 0.05) is 26.1 Å². The Bertz CT molecular complexity index is 1430. The number of aliphatic carboxylic acids is 1. The molecule has 1 aromatic heterocycles. The minimum Gasteiger partial charge on any atom is -0.479 e. The SMILES string of the molecule is CC(=O)NC1C(OP(=O)(O)OP(=O)(O)OCC2OC(n3ccc(=O)[nH]c3=O)C(O)C2O)OC(C(=O)O)C(O)C1NC(C)=O. The number of nitrogens with zero attached hydrogens (tertiary/aromatic N) is 1. The molecular weight excluding hydrogens is 634 g/mol. The summed E-state index contributed by atoms with van der Waals surface area (Å²) >= 11 is 0. The van der Waals surface area contributed by atoms with E-state index in [2.05, 4.69) is 19.5 Å². The lowest BCUT2D eigenvalue weighted by Crippen LogP contribution is -2.69. The van der Waals surface area contributed by atoms with Crippen LogP contribution in [0.25, 0.3) is 0 Å². The molecule has 3 heterocycles. The van der Waals surface area contributed by atoms with Gasteiger partial charge in [0.1, 0.15) is 30.5 Å². The molecule has 0 radical (unpaired) electrons. The van der Waals surface area contributed by atoms with Crippen LogP contribution in [0.3, 0.4) is 0 Å². The number of rotatable bonds is 11. The second-order valence-corrected chi connectivity index (χ2v) is 12.2. The van der Waals surface area contributed by atoms with Crippen LogP contribution in [0.2, 0.25) is 0 Å². The number of carboxylic acid groups (broad SMARTS) is 1. The molecule has 2 aliphatic rings. The molecular formula is C19H28N4O18P2. The van der Waals surface area contributed by atoms with E-state index in [9.17, 15) is 63.3 Å². The number of ether oxygens (including phenoxy) is 2. The van der Waals surface area contributed by atoms with Crippen molar-refractivity contribution in [1.82, 2.24) is 20.2 Å². The molecule has 11 atom stereocenters. The van der Waals surface area contributed by atoms with E-state index in [0.717, 1.165) is 26.1 Å². The van der Waals surface area contributed by atoms with Crippen molar-refractivity contribution in [2.24, 2.45) is 0 Å². The molecule has 0 spiro atoms. The van der Waals surface area contributed by atoms with Crippen molar-refractivity contribution in [3.63, 3.8) is 0 Å². The maximum absolute atomic E-state index is 12.7. The highest BCUT2D eigenvalue weighted by molar-refractivity contribution is 7.61. The van der Waals surface area contributed by atoms with Gasteiger partial charge in [-0.05, 0) is 0 Å². The number of phosphoric ester groups is 2. The Hall–Kier alpha value is -2.85. The molecule has 0 aromatic carbocycles. The molecule has 0 bridgehead atoms. The number of H-pyrrole nitrogens is 1. The summed E-state index contributed by atoms with van der Waals surface area (Å²) in [5.41, 5.74) is -1.80. The normalized spacial score (nSPS) is 33.6. The number of amides is 2. The molecule has 2 amide bonds. The summed E-state index contributed by atoms with van der Waals surface area (Å²) in [5.74, 6) is -3.50. The van der Waals surface area contributed by atoms with Gasteiger partial charge in [-0.25, -0.2) is 18.7 Å². The van der Waals surface area contributed by atoms with Crippen LogP contribution in [0.5, 0.6) is 0 Å². The smallest absolute Gasteiger partial charge is 0.479 e. The van der Waals surface area contributed by atoms with Crippen LogP contribution >= 0.6 is 15.6 Å². The zero-order valence-electron chi connectivity index (χ0n) is 22.0. The molecule has 9 N–H and O–H groups in total. The molecule has 0 saturated carbocycles. The Morgan fingerprint density at radius 3 is 2.14 bits per heavy atom. The number of aromatic nitrogens is 2. The molecule has 3 rings (SSSR count). The molecule has 1 aromatic rings. The number of nitrogens with one attached hydrogen (secondary N) is 3. The monoisotopic (exact) mass is 662 g/mol. The van der Waals surface area contributed by atoms with Crippen LogP contribution in [0.15, 0.2) is 21.9 Å². The fourth-order valence-corrected chi connectivity index (χ4v) is 6.34. The van der Waals surface area contributed by atoms with Crippen molar-refractivity contribution < 1.29 is 76.6 Å². The van der Waals surface area contributed by atoms with Gasteiger partial charge in [0.25, 0.3) is 5.56 Å². The number of carbonyl (C=O) groups excluding carboxylic acids is 2. The number of aliphatic hydroxyl groups excluding tert-OH is 3. The summed E-state index contributed by atoms with van der Waals surface area (Å²) in [6, 6.07) is -2.51. The van der Waals surface area contributed by atoms with Gasteiger partial charge in [-0.1, -0.05) is 0 Å². The summed E-state index contributed by atoms with van der Waals surface area (Å²) in [5, 5.41) is 44.5. The lowest BCUT2D eigenvalue weighted by atomic mass is 9.93. The number of aliphatic hydroxyl groups is 3. The first-order valence-corrected chi connectivity index (χ1v) is 14.9. The first-order valence-electron chi connectivity index (χ1n) is 12.0. The van der Waals surface area contributed by atoms with E-state index >= 15 is 0 Å². The van der Waals surface area contributed by atoms with Gasteiger partial charge in [-0.2, -0.15) is 4.31 Å². The van der Waals surface area contributed by atoms with Gasteiger partial charge in [-0.3, -0.25) is 33.0 Å². The highest BCUT2D eigenvalue weighted by Crippen LogP contribution is 2.61. The quantitative estimate of drug-likeness (QED) is 0.101. The Kier molecular flexibility index (Phi) is 10.8. The zero-order chi connectivity index (χ0) is 32.4. The summed E-state index contributed by atoms with van der Waals surface area (Å²) in [6.07, 6.45) is -12.4. The second-order valence-electron chi connectivity index (χ2n) is 9.19. The third-order valence-corrected chi connectivity index (χ3v) is 8.53. The van der Waals surface area contributed by atoms with Crippen molar-refractivity contribution in [2.45, 2.75) is 69.0 Å². The third-order valence-electron chi connectivity index (χ3n) is 5.93. The summed E-state index contributed by atoms with van der Waals surface area (Å²) in [6.45, 7) is 0.840. The predicted molar refractivity (Wildman–Crippen MR) is 133 cm³/mol. The lowest BCUT2D eigenvalue weighted by Gasteiger charge is -2.43. The number of carboxylic acids is 1. The first kappa shape index (κ1) is 34.6. The van der Waals surface area contributed by atoms with E-state index in [4.69, 9.17) is 14.0 Å². The maximum atomic E-state index is 12.7. The minimum atomic E-state index is -5.79. The molecule has 242 valence electrons. The fraction of sp³-hybridized carbons (Fsp3) is 0.632. The Morgan fingerprint density at radius 1 is 0.977 bits per heavy atom. The average molecular weight is 662 g/mol. The number of hydrogen-bond acceptors (Lipinski definition) is 15. The minimum absolute atomic E-state index is 0.700. The predicted octanol–water partition coefficient (Wildman–Crippen LogP) is -4.41. The van der Waals surface area contributed by atoms with Gasteiger partial charge in [0.05, 0.1) is 12.6 Å². The van der Waals surface area contributed by atoms with Crippen molar-refractivity contribution in [3.05, 3.63) is 33.1 Å². The van der Waals surface area contributed by atoms with E-state index in [-0.39, 0.29) is 0 Å². The molecule has 11 unspecified atom stereocenters. The van der Waals surface area contributed by atoms with Gasteiger partial charge in [0.2, 0.25) is 11.8 Å². The Morgan fingerprint density at radius 2 is 1.58 bits per heavy atom. The van der Waals surface area contributed by atoms with Gasteiger partial charge in [-0.15, -0.1) is 0 Å². The first-order chi connectivity index (χ1) is 19.8. The van der Waals surface area contributed by atoms with E-state index in [1.54, 1.807) is 0 Å². The summed E-state index contributed by atoms with van der Waals surface area (Å²) in [7, 11) is -11.4. The van der Waals surface area contributed by atoms with Crippen LogP contribution in [0, 0.1) is 0 Å². The highest BCUT2D eigenvalue weighted by atomic mass is 31.3. The molecule has 24 heteroatoms. The van der Waals surface area contributed by atoms with Gasteiger partial charge in [0.15, 0.2) is 18.6 Å². The topological polar surface area (TPSA) is 332 Å². The number of phosphoric acid groups is 2. The Balaban J connectivity index is 1.73. The van der Waals surface area contributed by atoms with E-state index in [1.807, 2.05) is 4.98 Å². The standard InChI is InChI=1S/C19H28N4O18P2/c1-6(24)20-10-11(21-7(2)25)18(39-15(13(10)28)17(30)31)40-43(35,36)41-42(33,34)37-5-8-12(27)14(29)16(38-8)23-4-3-9(26)22-19(23)32/h3-4,8,10-16,18,27-29H,5H2,1-2H3,(H,20,24)(H,21,25)(H,30,31)(H,33,34)(H,35,36)(H,22,26,32). The van der Waals surface area contributed by atoms with Crippen molar-refractivity contribution in [1.29, 1.82) is 0 Å². The number of hydrogen-bond donors (Lipinski definition) is 9. The van der Waals surface area contributed by atoms with Crippen LogP contribution in [-0.4, -0.2) is 113 Å². The highest BCUT2D eigenvalue weighted by Gasteiger charge is 2.53. The maximum Gasteiger partial charge on any atom is 0.483 e. The molecule has 43 heavy (non-hydrogen) atoms. The van der Waals surface area contributed by atoms with E-state index in [0.29, 0.717) is 4.57 Å². The zero-order valence-corrected chi connectivity index (χ0v) is 23.8. The van der Waals surface area contributed by atoms with Crippen molar-refractivity contribution in [2.75, 3.05) is 6.61 Å². The van der Waals surface area contributed by atoms with Crippen molar-refractivity contribution >= 4 is 33.4 Å². The van der Waals surface area contributed by atoms with Gasteiger partial charge < -0.3 is 50.3 Å². The molecule has 2 aliphatic heterocycles. The second kappa shape index (κ2) is 13.4. The molecule has 22 nitrogen and oxygen atoms in total. The summed E-state index contributed by atoms with van der Waals surface area (Å²) in [4.78, 5) is 80.3. The number of carbonyl (C=O) groups is 3. The third kappa shape index (κ3) is 8.62. The summed E-state index contributed by atoms with van der Waals surface area (Å²) < 4.78 is 49.5. The number of aromatic amines is 1. The van der Waals surface area contributed by atoms with Crippen LogP contribution in [0.4, 0.5) is 0 Å². The van der Waals surface area contributed by atoms with Crippen LogP contribution in [-0.2, 0) is 46.3 Å². The van der Waals surface area contributed by atoms with E-state index in [1.165, 1.54) is 0 Å². The van der Waals surface area contributed by atoms with Crippen LogP contribution < -0.4 is 21.9 Å². The molecule has 2 fully saturated rings. The average Bonchev–Trinajstić information content (AvgIpc) is 3.13. The lowest BCUT2D eigenvalue weighted by molar-refractivity contribution is -0.224. The largest absolute Gasteiger partial charge is 0.483 e. The van der Waals surface area contributed by atoms with E-state index < -0.39 is 106 Å². The van der Waals surface area contributed by atoms with Crippen molar-refractivity contribution in [3.8, 4) is 0 Å². The molecule has 0 aliphatic carbocycles. The Labute approximate surface area is 239 Å². The molecule has 2 saturated heterocycles. The van der Waals surface area contributed by atoms with Gasteiger partial charge >= 0.3 is 27.3 Å². The fourth-order valence-electron chi connectivity index (χ4n) is 4.17. The van der Waals surface area contributed by atoms with Crippen LogP contribution in [0.1, 0.15) is 20.1 Å².